The Bertz CT molecular complexity index is 1000. The molecule has 0 saturated carbocycles. The molecule has 6 heteroatoms. The minimum absolute atomic E-state index is 0.0595. The van der Waals surface area contributed by atoms with E-state index in [4.69, 9.17) is 11.6 Å². The van der Waals surface area contributed by atoms with Crippen LogP contribution in [0.5, 0.6) is 0 Å². The molecule has 0 bridgehead atoms. The number of fused-ring (bicyclic) bond motifs is 1. The quantitative estimate of drug-likeness (QED) is 0.681. The standard InChI is InChI=1S/C22H19ClN2O2S/c1-25-20(18-7-4-12-28-18)19(16-5-2-3-6-17(16)22(25)27)21(26)24-13-14-8-10-15(23)11-9-14/h2-12,19-20H,13H2,1H3,(H,24,26)/t19-,20-/m1/s1. The Morgan fingerprint density at radius 1 is 1.11 bits per heavy atom. The summed E-state index contributed by atoms with van der Waals surface area (Å²) in [5.41, 5.74) is 2.33. The number of nitrogens with one attached hydrogen (secondary N) is 1. The van der Waals surface area contributed by atoms with E-state index in [9.17, 15) is 9.59 Å². The van der Waals surface area contributed by atoms with Crippen LogP contribution >= 0.6 is 22.9 Å². The molecule has 1 aliphatic rings. The van der Waals surface area contributed by atoms with E-state index in [0.29, 0.717) is 17.1 Å². The minimum atomic E-state index is -0.468. The molecule has 28 heavy (non-hydrogen) atoms. The number of likely N-dealkylation sites (N-methyl/N-ethyl adjacent to an activating group) is 1. The zero-order valence-electron chi connectivity index (χ0n) is 15.3. The van der Waals surface area contributed by atoms with E-state index in [1.165, 1.54) is 0 Å². The van der Waals surface area contributed by atoms with Gasteiger partial charge in [0, 0.05) is 29.1 Å². The first-order chi connectivity index (χ1) is 13.6. The lowest BCUT2D eigenvalue weighted by Gasteiger charge is -2.39. The summed E-state index contributed by atoms with van der Waals surface area (Å²) in [4.78, 5) is 28.9. The number of hydrogen-bond acceptors (Lipinski definition) is 3. The van der Waals surface area contributed by atoms with Gasteiger partial charge in [0.05, 0.1) is 12.0 Å². The van der Waals surface area contributed by atoms with Gasteiger partial charge < -0.3 is 10.2 Å². The van der Waals surface area contributed by atoms with Gasteiger partial charge in [-0.25, -0.2) is 0 Å². The molecular weight excluding hydrogens is 392 g/mol. The van der Waals surface area contributed by atoms with Crippen molar-refractivity contribution in [1.29, 1.82) is 0 Å². The molecule has 2 aromatic carbocycles. The van der Waals surface area contributed by atoms with Gasteiger partial charge in [-0.2, -0.15) is 0 Å². The maximum absolute atomic E-state index is 13.3. The summed E-state index contributed by atoms with van der Waals surface area (Å²) in [6, 6.07) is 18.4. The second-order valence-electron chi connectivity index (χ2n) is 6.79. The average Bonchev–Trinajstić information content (AvgIpc) is 3.24. The molecule has 0 saturated heterocycles. The number of carbonyl (C=O) groups is 2. The minimum Gasteiger partial charge on any atom is -0.351 e. The molecule has 1 aliphatic heterocycles. The van der Waals surface area contributed by atoms with Crippen LogP contribution in [-0.2, 0) is 11.3 Å². The number of carbonyl (C=O) groups excluding carboxylic acids is 2. The summed E-state index contributed by atoms with van der Waals surface area (Å²) >= 11 is 7.49. The molecule has 2 atom stereocenters. The van der Waals surface area contributed by atoms with Gasteiger partial charge in [-0.3, -0.25) is 9.59 Å². The van der Waals surface area contributed by atoms with Gasteiger partial charge >= 0.3 is 0 Å². The molecule has 4 rings (SSSR count). The Hall–Kier alpha value is -2.63. The molecule has 142 valence electrons. The molecule has 0 unspecified atom stereocenters. The van der Waals surface area contributed by atoms with Gasteiger partial charge in [-0.05, 0) is 40.8 Å². The first kappa shape index (κ1) is 18.7. The van der Waals surface area contributed by atoms with Gasteiger partial charge in [-0.15, -0.1) is 11.3 Å². The molecule has 1 N–H and O–H groups in total. The first-order valence-electron chi connectivity index (χ1n) is 8.98. The fourth-order valence-electron chi connectivity index (χ4n) is 3.67. The van der Waals surface area contributed by atoms with E-state index in [2.05, 4.69) is 5.32 Å². The maximum Gasteiger partial charge on any atom is 0.254 e. The summed E-state index contributed by atoms with van der Waals surface area (Å²) in [5.74, 6) is -0.624. The predicted octanol–water partition coefficient (Wildman–Crippen LogP) is 4.63. The lowest BCUT2D eigenvalue weighted by atomic mass is 9.81. The van der Waals surface area contributed by atoms with Crippen molar-refractivity contribution in [3.8, 4) is 0 Å². The summed E-state index contributed by atoms with van der Waals surface area (Å²) < 4.78 is 0. The van der Waals surface area contributed by atoms with Crippen LogP contribution in [0.3, 0.4) is 0 Å². The molecule has 0 aliphatic carbocycles. The van der Waals surface area contributed by atoms with Crippen molar-refractivity contribution in [2.45, 2.75) is 18.5 Å². The van der Waals surface area contributed by atoms with Crippen molar-refractivity contribution in [3.05, 3.63) is 92.6 Å². The lowest BCUT2D eigenvalue weighted by Crippen LogP contribution is -2.45. The van der Waals surface area contributed by atoms with Crippen LogP contribution in [0.4, 0.5) is 0 Å². The van der Waals surface area contributed by atoms with Crippen molar-refractivity contribution in [2.24, 2.45) is 0 Å². The van der Waals surface area contributed by atoms with Crippen molar-refractivity contribution < 1.29 is 9.59 Å². The van der Waals surface area contributed by atoms with Crippen LogP contribution in [0, 0.1) is 0 Å². The molecule has 1 aromatic heterocycles. The largest absolute Gasteiger partial charge is 0.351 e. The highest BCUT2D eigenvalue weighted by atomic mass is 35.5. The van der Waals surface area contributed by atoms with E-state index in [-0.39, 0.29) is 17.9 Å². The SMILES string of the molecule is CN1C(=O)c2ccccc2[C@@H](C(=O)NCc2ccc(Cl)cc2)[C@H]1c1cccs1. The Labute approximate surface area is 172 Å². The molecule has 2 amide bonds. The lowest BCUT2D eigenvalue weighted by molar-refractivity contribution is -0.124. The summed E-state index contributed by atoms with van der Waals surface area (Å²) in [6.07, 6.45) is 0. The van der Waals surface area contributed by atoms with Crippen molar-refractivity contribution >= 4 is 34.8 Å². The zero-order chi connectivity index (χ0) is 19.7. The topological polar surface area (TPSA) is 49.4 Å². The van der Waals surface area contributed by atoms with E-state index < -0.39 is 5.92 Å². The highest BCUT2D eigenvalue weighted by molar-refractivity contribution is 7.10. The third-order valence-corrected chi connectivity index (χ3v) is 6.27. The number of benzene rings is 2. The highest BCUT2D eigenvalue weighted by Crippen LogP contribution is 2.43. The van der Waals surface area contributed by atoms with Crippen LogP contribution in [0.2, 0.25) is 5.02 Å². The second kappa shape index (κ2) is 7.78. The maximum atomic E-state index is 13.3. The van der Waals surface area contributed by atoms with Gasteiger partial charge in [0.25, 0.3) is 5.91 Å². The summed E-state index contributed by atoms with van der Waals surface area (Å²) in [7, 11) is 1.77. The smallest absolute Gasteiger partial charge is 0.254 e. The Morgan fingerprint density at radius 2 is 1.86 bits per heavy atom. The number of thiophene rings is 1. The zero-order valence-corrected chi connectivity index (χ0v) is 16.8. The number of hydrogen-bond donors (Lipinski definition) is 1. The van der Waals surface area contributed by atoms with Crippen LogP contribution in [-0.4, -0.2) is 23.8 Å². The fourth-order valence-corrected chi connectivity index (χ4v) is 4.70. The van der Waals surface area contributed by atoms with Gasteiger partial charge in [0.15, 0.2) is 0 Å². The van der Waals surface area contributed by atoms with E-state index in [1.54, 1.807) is 41.5 Å². The van der Waals surface area contributed by atoms with E-state index in [0.717, 1.165) is 16.0 Å². The molecule has 3 aromatic rings. The molecule has 4 nitrogen and oxygen atoms in total. The predicted molar refractivity (Wildman–Crippen MR) is 112 cm³/mol. The highest BCUT2D eigenvalue weighted by Gasteiger charge is 2.42. The molecule has 0 radical (unpaired) electrons. The second-order valence-corrected chi connectivity index (χ2v) is 8.20. The first-order valence-corrected chi connectivity index (χ1v) is 10.2. The Morgan fingerprint density at radius 3 is 2.57 bits per heavy atom. The molecular formula is C22H19ClN2O2S. The molecule has 0 spiro atoms. The van der Waals surface area contributed by atoms with E-state index >= 15 is 0 Å². The summed E-state index contributed by atoms with van der Waals surface area (Å²) in [6.45, 7) is 0.406. The van der Waals surface area contributed by atoms with Crippen LogP contribution in [0.15, 0.2) is 66.0 Å². The Kier molecular flexibility index (Phi) is 5.20. The number of amides is 2. The van der Waals surface area contributed by atoms with E-state index in [1.807, 2.05) is 47.8 Å². The van der Waals surface area contributed by atoms with Crippen LogP contribution < -0.4 is 5.32 Å². The van der Waals surface area contributed by atoms with Crippen molar-refractivity contribution in [3.63, 3.8) is 0 Å². The molecule has 2 heterocycles. The average molecular weight is 411 g/mol. The molecule has 0 fully saturated rings. The van der Waals surface area contributed by atoms with Gasteiger partial charge in [0.2, 0.25) is 5.91 Å². The van der Waals surface area contributed by atoms with Crippen molar-refractivity contribution in [1.82, 2.24) is 10.2 Å². The van der Waals surface area contributed by atoms with Gasteiger partial charge in [0.1, 0.15) is 0 Å². The number of halogens is 1. The van der Waals surface area contributed by atoms with Crippen LogP contribution in [0.25, 0.3) is 0 Å². The fraction of sp³-hybridized carbons (Fsp3) is 0.182. The normalized spacial score (nSPS) is 18.6. The third-order valence-electron chi connectivity index (χ3n) is 5.08. The summed E-state index contributed by atoms with van der Waals surface area (Å²) in [5, 5.41) is 5.67. The van der Waals surface area contributed by atoms with Gasteiger partial charge in [-0.1, -0.05) is 48.0 Å². The number of rotatable bonds is 4. The monoisotopic (exact) mass is 410 g/mol. The number of nitrogens with zero attached hydrogens (tertiary/aromatic N) is 1. The van der Waals surface area contributed by atoms with Crippen molar-refractivity contribution in [2.75, 3.05) is 7.05 Å². The van der Waals surface area contributed by atoms with Crippen LogP contribution in [0.1, 0.15) is 38.3 Å². The third kappa shape index (κ3) is 3.43. The Balaban J connectivity index is 1.68.